The number of nitro benzene ring substituents is 1. The second-order valence-corrected chi connectivity index (χ2v) is 6.40. The molecule has 0 aliphatic rings. The van der Waals surface area contributed by atoms with Gasteiger partial charge in [0, 0.05) is 12.1 Å². The summed E-state index contributed by atoms with van der Waals surface area (Å²) in [6, 6.07) is 9.94. The van der Waals surface area contributed by atoms with Crippen LogP contribution < -0.4 is 14.8 Å². The molecule has 0 unspecified atom stereocenters. The number of aromatic nitrogens is 1. The number of nitrogens with one attached hydrogen (secondary N) is 1. The van der Waals surface area contributed by atoms with E-state index in [9.17, 15) is 14.9 Å². The minimum atomic E-state index is -0.502. The predicted octanol–water partition coefficient (Wildman–Crippen LogP) is 3.87. The third-order valence-corrected chi connectivity index (χ3v) is 4.57. The number of nitrogens with zero attached hydrogens (tertiary/aromatic N) is 2. The van der Waals surface area contributed by atoms with Crippen molar-refractivity contribution in [3.05, 3.63) is 58.2 Å². The molecule has 3 rings (SSSR count). The molecule has 2 aromatic carbocycles. The first kappa shape index (κ1) is 18.3. The first-order chi connectivity index (χ1) is 13.0. The van der Waals surface area contributed by atoms with Gasteiger partial charge in [-0.3, -0.25) is 20.2 Å². The molecule has 0 spiro atoms. The number of carbonyl (C=O) groups is 1. The van der Waals surface area contributed by atoms with Crippen molar-refractivity contribution >= 4 is 44.4 Å². The molecule has 3 aromatic rings. The van der Waals surface area contributed by atoms with Gasteiger partial charge in [-0.05, 0) is 23.8 Å². The van der Waals surface area contributed by atoms with Crippen molar-refractivity contribution in [2.75, 3.05) is 19.5 Å². The van der Waals surface area contributed by atoms with Crippen LogP contribution in [-0.4, -0.2) is 30.0 Å². The number of nitro groups is 1. The first-order valence-electron chi connectivity index (χ1n) is 7.76. The van der Waals surface area contributed by atoms with E-state index in [-0.39, 0.29) is 17.3 Å². The molecule has 0 saturated carbocycles. The molecule has 1 aromatic heterocycles. The fourth-order valence-corrected chi connectivity index (χ4v) is 3.25. The second-order valence-electron chi connectivity index (χ2n) is 5.37. The third kappa shape index (κ3) is 4.21. The van der Waals surface area contributed by atoms with Gasteiger partial charge in [0.2, 0.25) is 5.91 Å². The molecule has 1 amide bonds. The molecule has 0 fully saturated rings. The first-order valence-corrected chi connectivity index (χ1v) is 8.58. The quantitative estimate of drug-likeness (QED) is 0.392. The highest BCUT2D eigenvalue weighted by Crippen LogP contribution is 2.36. The maximum Gasteiger partial charge on any atom is 0.274 e. The highest BCUT2D eigenvalue weighted by atomic mass is 32.1. The number of amides is 1. The molecule has 0 bridgehead atoms. The fourth-order valence-electron chi connectivity index (χ4n) is 2.33. The molecule has 1 N–H and O–H groups in total. The van der Waals surface area contributed by atoms with Gasteiger partial charge in [-0.2, -0.15) is 0 Å². The highest BCUT2D eigenvalue weighted by Gasteiger charge is 2.16. The SMILES string of the molecule is COc1ccc(/C=C/C(=O)Nc2nc3c(OC)cc([N+](=O)[O-])cc3s2)cc1. The summed E-state index contributed by atoms with van der Waals surface area (Å²) in [5.41, 5.74) is 1.20. The van der Waals surface area contributed by atoms with E-state index >= 15 is 0 Å². The number of hydrogen-bond donors (Lipinski definition) is 1. The van der Waals surface area contributed by atoms with Gasteiger partial charge >= 0.3 is 0 Å². The van der Waals surface area contributed by atoms with Crippen molar-refractivity contribution in [3.8, 4) is 11.5 Å². The normalized spacial score (nSPS) is 10.9. The maximum absolute atomic E-state index is 12.1. The number of benzene rings is 2. The van der Waals surface area contributed by atoms with Crippen LogP contribution in [0, 0.1) is 10.1 Å². The van der Waals surface area contributed by atoms with Gasteiger partial charge < -0.3 is 9.47 Å². The molecule has 0 saturated heterocycles. The summed E-state index contributed by atoms with van der Waals surface area (Å²) in [4.78, 5) is 26.9. The minimum absolute atomic E-state index is 0.0970. The predicted molar refractivity (Wildman–Crippen MR) is 103 cm³/mol. The molecule has 8 nitrogen and oxygen atoms in total. The van der Waals surface area contributed by atoms with Gasteiger partial charge in [0.25, 0.3) is 5.69 Å². The van der Waals surface area contributed by atoms with Gasteiger partial charge in [-0.1, -0.05) is 23.5 Å². The van der Waals surface area contributed by atoms with Gasteiger partial charge in [0.1, 0.15) is 11.3 Å². The molecule has 1 heterocycles. The molecular weight excluding hydrogens is 370 g/mol. The second kappa shape index (κ2) is 7.83. The zero-order valence-electron chi connectivity index (χ0n) is 14.5. The standard InChI is InChI=1S/C18H15N3O5S/c1-25-13-6-3-11(4-7-13)5-8-16(22)19-18-20-17-14(26-2)9-12(21(23)24)10-15(17)27-18/h3-10H,1-2H3,(H,19,20,22)/b8-5+. The molecule has 27 heavy (non-hydrogen) atoms. The summed E-state index contributed by atoms with van der Waals surface area (Å²) < 4.78 is 10.8. The number of methoxy groups -OCH3 is 2. The summed E-state index contributed by atoms with van der Waals surface area (Å²) in [5, 5.41) is 14.0. The van der Waals surface area contributed by atoms with E-state index in [2.05, 4.69) is 10.3 Å². The number of ether oxygens (including phenoxy) is 2. The van der Waals surface area contributed by atoms with E-state index in [4.69, 9.17) is 9.47 Å². The van der Waals surface area contributed by atoms with Crippen molar-refractivity contribution in [3.63, 3.8) is 0 Å². The van der Waals surface area contributed by atoms with Crippen LogP contribution >= 0.6 is 11.3 Å². The van der Waals surface area contributed by atoms with Crippen molar-refractivity contribution in [2.24, 2.45) is 0 Å². The number of hydrogen-bond acceptors (Lipinski definition) is 7. The zero-order chi connectivity index (χ0) is 19.4. The largest absolute Gasteiger partial charge is 0.497 e. The van der Waals surface area contributed by atoms with Crippen LogP contribution in [0.25, 0.3) is 16.3 Å². The van der Waals surface area contributed by atoms with Crippen LogP contribution in [0.15, 0.2) is 42.5 Å². The van der Waals surface area contributed by atoms with E-state index in [1.165, 1.54) is 25.3 Å². The number of rotatable bonds is 6. The van der Waals surface area contributed by atoms with E-state index in [1.807, 2.05) is 12.1 Å². The van der Waals surface area contributed by atoms with Gasteiger partial charge in [0.15, 0.2) is 10.9 Å². The van der Waals surface area contributed by atoms with Crippen LogP contribution in [-0.2, 0) is 4.79 Å². The van der Waals surface area contributed by atoms with Crippen LogP contribution in [0.3, 0.4) is 0 Å². The third-order valence-electron chi connectivity index (χ3n) is 3.65. The number of carbonyl (C=O) groups excluding carboxylic acids is 1. The highest BCUT2D eigenvalue weighted by molar-refractivity contribution is 7.22. The monoisotopic (exact) mass is 385 g/mol. The smallest absolute Gasteiger partial charge is 0.274 e. The summed E-state index contributed by atoms with van der Waals surface area (Å²) in [6.07, 6.45) is 3.04. The van der Waals surface area contributed by atoms with Crippen LogP contribution in [0.1, 0.15) is 5.56 Å². The average molecular weight is 385 g/mol. The number of anilines is 1. The summed E-state index contributed by atoms with van der Waals surface area (Å²) >= 11 is 1.14. The van der Waals surface area contributed by atoms with Gasteiger partial charge in [-0.15, -0.1) is 0 Å². The van der Waals surface area contributed by atoms with Crippen molar-refractivity contribution in [1.82, 2.24) is 4.98 Å². The lowest BCUT2D eigenvalue weighted by molar-refractivity contribution is -0.384. The lowest BCUT2D eigenvalue weighted by atomic mass is 10.2. The molecule has 0 atom stereocenters. The molecule has 0 aliphatic heterocycles. The zero-order valence-corrected chi connectivity index (χ0v) is 15.3. The van der Waals surface area contributed by atoms with E-state index < -0.39 is 4.92 Å². The van der Waals surface area contributed by atoms with Crippen LogP contribution in [0.5, 0.6) is 11.5 Å². The fraction of sp³-hybridized carbons (Fsp3) is 0.111. The van der Waals surface area contributed by atoms with Crippen molar-refractivity contribution in [1.29, 1.82) is 0 Å². The average Bonchev–Trinajstić information content (AvgIpc) is 3.08. The van der Waals surface area contributed by atoms with Gasteiger partial charge in [-0.25, -0.2) is 4.98 Å². The number of non-ortho nitro benzene ring substituents is 1. The Bertz CT molecular complexity index is 1030. The Morgan fingerprint density at radius 2 is 1.96 bits per heavy atom. The molecule has 0 radical (unpaired) electrons. The summed E-state index contributed by atoms with van der Waals surface area (Å²) in [5.74, 6) is 0.650. The molecular formula is C18H15N3O5S. The summed E-state index contributed by atoms with van der Waals surface area (Å²) in [6.45, 7) is 0. The topological polar surface area (TPSA) is 104 Å². The molecule has 9 heteroatoms. The Labute approximate surface area is 158 Å². The van der Waals surface area contributed by atoms with Crippen molar-refractivity contribution < 1.29 is 19.2 Å². The minimum Gasteiger partial charge on any atom is -0.497 e. The van der Waals surface area contributed by atoms with E-state index in [0.717, 1.165) is 22.6 Å². The maximum atomic E-state index is 12.1. The molecule has 0 aliphatic carbocycles. The lowest BCUT2D eigenvalue weighted by Crippen LogP contribution is -2.07. The summed E-state index contributed by atoms with van der Waals surface area (Å²) in [7, 11) is 2.99. The van der Waals surface area contributed by atoms with Crippen LogP contribution in [0.4, 0.5) is 10.8 Å². The van der Waals surface area contributed by atoms with Crippen LogP contribution in [0.2, 0.25) is 0 Å². The van der Waals surface area contributed by atoms with Crippen molar-refractivity contribution in [2.45, 2.75) is 0 Å². The Balaban J connectivity index is 1.78. The Hall–Kier alpha value is -3.46. The molecule has 138 valence electrons. The Kier molecular flexibility index (Phi) is 5.32. The Morgan fingerprint density at radius 1 is 1.22 bits per heavy atom. The lowest BCUT2D eigenvalue weighted by Gasteiger charge is -2.00. The van der Waals surface area contributed by atoms with Gasteiger partial charge in [0.05, 0.1) is 29.9 Å². The Morgan fingerprint density at radius 3 is 2.59 bits per heavy atom. The number of fused-ring (bicyclic) bond motifs is 1. The number of thiazole rings is 1. The van der Waals surface area contributed by atoms with E-state index in [1.54, 1.807) is 25.3 Å². The van der Waals surface area contributed by atoms with E-state index in [0.29, 0.717) is 15.3 Å².